The number of hydrogen-bond acceptors (Lipinski definition) is 3. The van der Waals surface area contributed by atoms with Gasteiger partial charge in [-0.1, -0.05) is 29.8 Å². The first-order valence-electron chi connectivity index (χ1n) is 9.01. The molecule has 2 unspecified atom stereocenters. The smallest absolute Gasteiger partial charge is 0.317 e. The van der Waals surface area contributed by atoms with Crippen LogP contribution in [0.3, 0.4) is 0 Å². The van der Waals surface area contributed by atoms with Crippen LogP contribution in [0.4, 0.5) is 4.79 Å². The van der Waals surface area contributed by atoms with Crippen molar-refractivity contribution >= 4 is 12.0 Å². The Morgan fingerprint density at radius 3 is 2.48 bits per heavy atom. The summed E-state index contributed by atoms with van der Waals surface area (Å²) in [4.78, 5) is 25.3. The van der Waals surface area contributed by atoms with Crippen LogP contribution in [-0.2, 0) is 9.53 Å². The SMILES string of the molecule is Cc1ccc(C2OCCCC2NC(=O)N2CCC(C(=O)O)CC2)cc1. The monoisotopic (exact) mass is 346 g/mol. The number of carboxylic acid groups (broad SMARTS) is 1. The summed E-state index contributed by atoms with van der Waals surface area (Å²) in [7, 11) is 0. The van der Waals surface area contributed by atoms with E-state index in [-0.39, 0.29) is 24.1 Å². The van der Waals surface area contributed by atoms with Crippen LogP contribution in [0, 0.1) is 12.8 Å². The number of aliphatic carboxylic acids is 1. The van der Waals surface area contributed by atoms with E-state index in [1.165, 1.54) is 5.56 Å². The van der Waals surface area contributed by atoms with E-state index in [2.05, 4.69) is 29.6 Å². The zero-order valence-corrected chi connectivity index (χ0v) is 14.6. The molecule has 25 heavy (non-hydrogen) atoms. The lowest BCUT2D eigenvalue weighted by atomic mass is 9.95. The molecule has 0 aromatic heterocycles. The second-order valence-electron chi connectivity index (χ2n) is 7.00. The first-order valence-corrected chi connectivity index (χ1v) is 9.01. The van der Waals surface area contributed by atoms with Crippen LogP contribution in [0.25, 0.3) is 0 Å². The Kier molecular flexibility index (Phi) is 5.58. The summed E-state index contributed by atoms with van der Waals surface area (Å²) in [6.45, 7) is 3.73. The number of ether oxygens (including phenoxy) is 1. The Labute approximate surface area is 148 Å². The maximum Gasteiger partial charge on any atom is 0.317 e. The van der Waals surface area contributed by atoms with Gasteiger partial charge in [-0.25, -0.2) is 4.79 Å². The lowest BCUT2D eigenvalue weighted by molar-refractivity contribution is -0.143. The molecule has 2 heterocycles. The zero-order valence-electron chi connectivity index (χ0n) is 14.6. The molecule has 1 aromatic carbocycles. The third-order valence-corrected chi connectivity index (χ3v) is 5.17. The number of nitrogens with one attached hydrogen (secondary N) is 1. The highest BCUT2D eigenvalue weighted by Crippen LogP contribution is 2.29. The van der Waals surface area contributed by atoms with Gasteiger partial charge in [0.05, 0.1) is 12.0 Å². The Morgan fingerprint density at radius 2 is 1.84 bits per heavy atom. The van der Waals surface area contributed by atoms with Gasteiger partial charge in [-0.15, -0.1) is 0 Å². The quantitative estimate of drug-likeness (QED) is 0.882. The van der Waals surface area contributed by atoms with E-state index in [1.54, 1.807) is 4.90 Å². The molecule has 6 nitrogen and oxygen atoms in total. The van der Waals surface area contributed by atoms with Crippen molar-refractivity contribution in [3.05, 3.63) is 35.4 Å². The van der Waals surface area contributed by atoms with Crippen LogP contribution in [-0.4, -0.2) is 47.7 Å². The molecule has 2 aliphatic rings. The Morgan fingerprint density at radius 1 is 1.16 bits per heavy atom. The number of aryl methyl sites for hydroxylation is 1. The number of benzene rings is 1. The molecule has 0 aliphatic carbocycles. The molecule has 2 aliphatic heterocycles. The van der Waals surface area contributed by atoms with Gasteiger partial charge in [0.25, 0.3) is 0 Å². The minimum absolute atomic E-state index is 0.0545. The molecule has 0 saturated carbocycles. The number of rotatable bonds is 3. The molecule has 2 N–H and O–H groups in total. The fraction of sp³-hybridized carbons (Fsp3) is 0.579. The van der Waals surface area contributed by atoms with Gasteiger partial charge in [0, 0.05) is 19.7 Å². The summed E-state index contributed by atoms with van der Waals surface area (Å²) in [5, 5.41) is 12.2. The summed E-state index contributed by atoms with van der Waals surface area (Å²) < 4.78 is 5.94. The van der Waals surface area contributed by atoms with Gasteiger partial charge in [0.1, 0.15) is 6.10 Å². The molecular weight excluding hydrogens is 320 g/mol. The molecular formula is C19H26N2O4. The molecule has 0 bridgehead atoms. The summed E-state index contributed by atoms with van der Waals surface area (Å²) >= 11 is 0. The van der Waals surface area contributed by atoms with Crippen LogP contribution in [0.1, 0.15) is 42.9 Å². The van der Waals surface area contributed by atoms with E-state index in [1.807, 2.05) is 6.92 Å². The summed E-state index contributed by atoms with van der Waals surface area (Å²) in [6, 6.07) is 8.06. The molecule has 1 aromatic rings. The Bertz CT molecular complexity index is 608. The Balaban J connectivity index is 1.61. The maximum absolute atomic E-state index is 12.6. The molecule has 136 valence electrons. The second kappa shape index (κ2) is 7.87. The van der Waals surface area contributed by atoms with Gasteiger partial charge in [-0.3, -0.25) is 4.79 Å². The molecule has 3 rings (SSSR count). The van der Waals surface area contributed by atoms with E-state index in [0.29, 0.717) is 32.5 Å². The van der Waals surface area contributed by atoms with Crippen LogP contribution < -0.4 is 5.32 Å². The summed E-state index contributed by atoms with van der Waals surface area (Å²) in [5.74, 6) is -1.09. The van der Waals surface area contributed by atoms with Crippen LogP contribution in [0.2, 0.25) is 0 Å². The number of carbonyl (C=O) groups excluding carboxylic acids is 1. The molecule has 2 atom stereocenters. The standard InChI is InChI=1S/C19H26N2O4/c1-13-4-6-14(7-5-13)17-16(3-2-12-25-17)20-19(24)21-10-8-15(9-11-21)18(22)23/h4-7,15-17H,2-3,8-12H2,1H3,(H,20,24)(H,22,23). The number of hydrogen-bond donors (Lipinski definition) is 2. The highest BCUT2D eigenvalue weighted by Gasteiger charge is 2.32. The molecule has 2 amide bonds. The normalized spacial score (nSPS) is 24.8. The van der Waals surface area contributed by atoms with Crippen molar-refractivity contribution in [3.8, 4) is 0 Å². The minimum atomic E-state index is -0.764. The lowest BCUT2D eigenvalue weighted by Gasteiger charge is -2.36. The fourth-order valence-electron chi connectivity index (χ4n) is 3.59. The maximum atomic E-state index is 12.6. The van der Waals surface area contributed by atoms with Gasteiger partial charge in [0.15, 0.2) is 0 Å². The summed E-state index contributed by atoms with van der Waals surface area (Å²) in [5.41, 5.74) is 2.28. The third kappa shape index (κ3) is 4.31. The van der Waals surface area contributed by atoms with E-state index >= 15 is 0 Å². The second-order valence-corrected chi connectivity index (χ2v) is 7.00. The molecule has 2 fully saturated rings. The first-order chi connectivity index (χ1) is 12.0. The highest BCUT2D eigenvalue weighted by atomic mass is 16.5. The zero-order chi connectivity index (χ0) is 17.8. The topological polar surface area (TPSA) is 78.9 Å². The van der Waals surface area contributed by atoms with Crippen LogP contribution in [0.15, 0.2) is 24.3 Å². The molecule has 2 saturated heterocycles. The average Bonchev–Trinajstić information content (AvgIpc) is 2.63. The Hall–Kier alpha value is -2.08. The number of carboxylic acids is 1. The minimum Gasteiger partial charge on any atom is -0.481 e. The van der Waals surface area contributed by atoms with Gasteiger partial charge in [-0.05, 0) is 38.2 Å². The van der Waals surface area contributed by atoms with E-state index < -0.39 is 5.97 Å². The van der Waals surface area contributed by atoms with Crippen molar-refractivity contribution in [2.75, 3.05) is 19.7 Å². The number of amides is 2. The van der Waals surface area contributed by atoms with E-state index in [4.69, 9.17) is 9.84 Å². The highest BCUT2D eigenvalue weighted by molar-refractivity contribution is 5.75. The number of piperidine rings is 1. The predicted octanol–water partition coefficient (Wildman–Crippen LogP) is 2.72. The van der Waals surface area contributed by atoms with Crippen molar-refractivity contribution in [1.29, 1.82) is 0 Å². The number of likely N-dealkylation sites (tertiary alicyclic amines) is 1. The molecule has 6 heteroatoms. The average molecular weight is 346 g/mol. The van der Waals surface area contributed by atoms with Gasteiger partial charge in [-0.2, -0.15) is 0 Å². The van der Waals surface area contributed by atoms with Crippen molar-refractivity contribution in [1.82, 2.24) is 10.2 Å². The third-order valence-electron chi connectivity index (χ3n) is 5.17. The largest absolute Gasteiger partial charge is 0.481 e. The number of nitrogens with zero attached hydrogens (tertiary/aromatic N) is 1. The van der Waals surface area contributed by atoms with Gasteiger partial charge in [0.2, 0.25) is 0 Å². The predicted molar refractivity (Wildman–Crippen MR) is 93.4 cm³/mol. The number of carbonyl (C=O) groups is 2. The lowest BCUT2D eigenvalue weighted by Crippen LogP contribution is -2.51. The molecule has 0 spiro atoms. The van der Waals surface area contributed by atoms with E-state index in [9.17, 15) is 9.59 Å². The first kappa shape index (κ1) is 17.7. The number of urea groups is 1. The van der Waals surface area contributed by atoms with Crippen molar-refractivity contribution in [3.63, 3.8) is 0 Å². The van der Waals surface area contributed by atoms with Crippen molar-refractivity contribution in [2.45, 2.75) is 44.8 Å². The van der Waals surface area contributed by atoms with Crippen LogP contribution in [0.5, 0.6) is 0 Å². The summed E-state index contributed by atoms with van der Waals surface area (Å²) in [6.07, 6.45) is 2.72. The van der Waals surface area contributed by atoms with Gasteiger partial charge < -0.3 is 20.1 Å². The molecule has 0 radical (unpaired) electrons. The van der Waals surface area contributed by atoms with E-state index in [0.717, 1.165) is 18.4 Å². The van der Waals surface area contributed by atoms with Crippen molar-refractivity contribution in [2.24, 2.45) is 5.92 Å². The fourth-order valence-corrected chi connectivity index (χ4v) is 3.59. The van der Waals surface area contributed by atoms with Crippen molar-refractivity contribution < 1.29 is 19.4 Å². The van der Waals surface area contributed by atoms with Gasteiger partial charge >= 0.3 is 12.0 Å². The van der Waals surface area contributed by atoms with Crippen LogP contribution >= 0.6 is 0 Å².